The number of rotatable bonds is 8. The van der Waals surface area contributed by atoms with Gasteiger partial charge in [0, 0.05) is 46.7 Å². The van der Waals surface area contributed by atoms with Crippen molar-refractivity contribution in [3.63, 3.8) is 0 Å². The highest BCUT2D eigenvalue weighted by Crippen LogP contribution is 2.35. The van der Waals surface area contributed by atoms with Crippen molar-refractivity contribution in [1.82, 2.24) is 15.3 Å². The number of aromatic nitrogens is 2. The van der Waals surface area contributed by atoms with Crippen LogP contribution in [0, 0.1) is 5.92 Å². The molecule has 1 aliphatic rings. The van der Waals surface area contributed by atoms with Gasteiger partial charge in [0.25, 0.3) is 0 Å². The van der Waals surface area contributed by atoms with Crippen LogP contribution >= 0.6 is 38.6 Å². The topological polar surface area (TPSA) is 53.1 Å². The van der Waals surface area contributed by atoms with Gasteiger partial charge in [-0.05, 0) is 90.5 Å². The molecule has 3 heterocycles. The number of benzene rings is 1. The van der Waals surface area contributed by atoms with E-state index in [0.29, 0.717) is 6.04 Å². The second-order valence-corrected chi connectivity index (χ2v) is 12.8. The van der Waals surface area contributed by atoms with E-state index in [1.165, 1.54) is 31.3 Å². The van der Waals surface area contributed by atoms with Gasteiger partial charge in [-0.1, -0.05) is 12.1 Å². The Morgan fingerprint density at radius 3 is 2.47 bits per heavy atom. The zero-order valence-electron chi connectivity index (χ0n) is 19.6. The van der Waals surface area contributed by atoms with Gasteiger partial charge in [0.05, 0.1) is 9.30 Å². The molecular formula is C26H30BrN5S2. The van der Waals surface area contributed by atoms with Crippen molar-refractivity contribution in [2.75, 3.05) is 30.9 Å². The number of anilines is 2. The van der Waals surface area contributed by atoms with Crippen molar-refractivity contribution in [2.45, 2.75) is 38.3 Å². The van der Waals surface area contributed by atoms with Crippen LogP contribution in [0.2, 0.25) is 0 Å². The van der Waals surface area contributed by atoms with Gasteiger partial charge in [-0.2, -0.15) is 4.98 Å². The Bertz CT molecular complexity index is 1240. The van der Waals surface area contributed by atoms with E-state index in [0.717, 1.165) is 54.5 Å². The maximum atomic E-state index is 4.81. The third kappa shape index (κ3) is 5.62. The molecule has 1 saturated carbocycles. The summed E-state index contributed by atoms with van der Waals surface area (Å²) in [6, 6.07) is 17.5. The molecule has 0 radical (unpaired) electrons. The van der Waals surface area contributed by atoms with Crippen molar-refractivity contribution < 1.29 is 0 Å². The first-order valence-corrected chi connectivity index (χ1v) is 14.2. The summed E-state index contributed by atoms with van der Waals surface area (Å²) in [6.45, 7) is 2.04. The molecule has 34 heavy (non-hydrogen) atoms. The van der Waals surface area contributed by atoms with E-state index in [-0.39, 0.29) is 0 Å². The lowest BCUT2D eigenvalue weighted by atomic mass is 9.86. The molecule has 178 valence electrons. The number of para-hydroxylation sites is 1. The minimum absolute atomic E-state index is 0.442. The number of hydrogen-bond acceptors (Lipinski definition) is 7. The predicted octanol–water partition coefficient (Wildman–Crippen LogP) is 7.01. The Balaban J connectivity index is 1.10. The SMILES string of the molecule is CN(C)c1nc(N[C@H]2CC[C@@H](CNCc3ccc(-c4ccc(Br)s4)s3)CC2)nc2ccccc12. The third-order valence-electron chi connectivity index (χ3n) is 6.40. The number of fused-ring (bicyclic) bond motifs is 1. The molecule has 0 saturated heterocycles. The van der Waals surface area contributed by atoms with Gasteiger partial charge >= 0.3 is 0 Å². The van der Waals surface area contributed by atoms with E-state index in [1.54, 1.807) is 11.3 Å². The standard InChI is InChI=1S/C26H30BrN5S2/c1-32(2)25-20-5-3-4-6-21(20)30-26(31-25)29-18-9-7-17(8-10-18)15-28-16-19-11-12-22(33-19)23-13-14-24(27)34-23/h3-6,11-14,17-18,28H,7-10,15-16H2,1-2H3,(H,29,30,31)/t17-,18+. The summed E-state index contributed by atoms with van der Waals surface area (Å²) in [5.41, 5.74) is 0.991. The highest BCUT2D eigenvalue weighted by atomic mass is 79.9. The molecule has 1 aromatic carbocycles. The van der Waals surface area contributed by atoms with Crippen LogP contribution in [0.5, 0.6) is 0 Å². The summed E-state index contributed by atoms with van der Waals surface area (Å²) in [4.78, 5) is 15.7. The Labute approximate surface area is 217 Å². The van der Waals surface area contributed by atoms with Crippen LogP contribution in [0.25, 0.3) is 20.7 Å². The molecule has 8 heteroatoms. The van der Waals surface area contributed by atoms with Crippen molar-refractivity contribution in [2.24, 2.45) is 5.92 Å². The van der Waals surface area contributed by atoms with Gasteiger partial charge in [0.1, 0.15) is 5.82 Å². The predicted molar refractivity (Wildman–Crippen MR) is 150 cm³/mol. The molecule has 0 spiro atoms. The quantitative estimate of drug-likeness (QED) is 0.245. The molecule has 1 fully saturated rings. The molecule has 3 aromatic heterocycles. The number of nitrogens with one attached hydrogen (secondary N) is 2. The van der Waals surface area contributed by atoms with Gasteiger partial charge in [0.15, 0.2) is 0 Å². The van der Waals surface area contributed by atoms with Gasteiger partial charge in [-0.3, -0.25) is 0 Å². The third-order valence-corrected chi connectivity index (χ3v) is 9.30. The van der Waals surface area contributed by atoms with Crippen LogP contribution < -0.4 is 15.5 Å². The van der Waals surface area contributed by atoms with E-state index in [9.17, 15) is 0 Å². The van der Waals surface area contributed by atoms with Crippen LogP contribution in [0.15, 0.2) is 52.3 Å². The fraction of sp³-hybridized carbons (Fsp3) is 0.385. The fourth-order valence-corrected chi connectivity index (χ4v) is 7.06. The molecule has 5 nitrogen and oxygen atoms in total. The summed E-state index contributed by atoms with van der Waals surface area (Å²) in [7, 11) is 4.07. The Kier molecular flexibility index (Phi) is 7.49. The second kappa shape index (κ2) is 10.7. The van der Waals surface area contributed by atoms with Crippen molar-refractivity contribution >= 4 is 61.3 Å². The fourth-order valence-electron chi connectivity index (χ4n) is 4.61. The Morgan fingerprint density at radius 1 is 0.941 bits per heavy atom. The van der Waals surface area contributed by atoms with E-state index in [2.05, 4.69) is 67.9 Å². The highest BCUT2D eigenvalue weighted by molar-refractivity contribution is 9.11. The first kappa shape index (κ1) is 23.7. The van der Waals surface area contributed by atoms with Crippen LogP contribution in [0.1, 0.15) is 30.6 Å². The molecule has 0 aliphatic heterocycles. The van der Waals surface area contributed by atoms with Crippen LogP contribution in [0.4, 0.5) is 11.8 Å². The Hall–Kier alpha value is -2.00. The molecule has 5 rings (SSSR count). The molecule has 0 amide bonds. The summed E-state index contributed by atoms with van der Waals surface area (Å²) in [5, 5.41) is 8.41. The van der Waals surface area contributed by atoms with Crippen LogP contribution in [0.3, 0.4) is 0 Å². The highest BCUT2D eigenvalue weighted by Gasteiger charge is 2.22. The number of thiophene rings is 2. The molecule has 0 atom stereocenters. The van der Waals surface area contributed by atoms with Gasteiger partial charge < -0.3 is 15.5 Å². The van der Waals surface area contributed by atoms with Gasteiger partial charge in [-0.25, -0.2) is 4.98 Å². The van der Waals surface area contributed by atoms with Gasteiger partial charge in [-0.15, -0.1) is 22.7 Å². The zero-order valence-corrected chi connectivity index (χ0v) is 22.8. The van der Waals surface area contributed by atoms with Crippen LogP contribution in [-0.2, 0) is 6.54 Å². The summed E-state index contributed by atoms with van der Waals surface area (Å²) < 4.78 is 1.19. The van der Waals surface area contributed by atoms with E-state index in [1.807, 2.05) is 37.6 Å². The lowest BCUT2D eigenvalue weighted by Gasteiger charge is -2.29. The summed E-state index contributed by atoms with van der Waals surface area (Å²) >= 11 is 7.24. The molecule has 4 aromatic rings. The molecular weight excluding hydrogens is 526 g/mol. The zero-order chi connectivity index (χ0) is 23.5. The van der Waals surface area contributed by atoms with E-state index in [4.69, 9.17) is 9.97 Å². The number of nitrogens with zero attached hydrogens (tertiary/aromatic N) is 3. The largest absolute Gasteiger partial charge is 0.362 e. The number of hydrogen-bond donors (Lipinski definition) is 2. The van der Waals surface area contributed by atoms with Crippen molar-refractivity contribution in [3.8, 4) is 9.75 Å². The Morgan fingerprint density at radius 2 is 1.71 bits per heavy atom. The first-order valence-electron chi connectivity index (χ1n) is 11.8. The molecule has 0 bridgehead atoms. The average Bonchev–Trinajstić information content (AvgIpc) is 3.48. The normalized spacial score (nSPS) is 18.3. The second-order valence-electron chi connectivity index (χ2n) is 9.15. The molecule has 1 aliphatic carbocycles. The monoisotopic (exact) mass is 555 g/mol. The number of halogens is 1. The lowest BCUT2D eigenvalue weighted by molar-refractivity contribution is 0.324. The minimum Gasteiger partial charge on any atom is -0.362 e. The van der Waals surface area contributed by atoms with Gasteiger partial charge in [0.2, 0.25) is 5.95 Å². The first-order chi connectivity index (χ1) is 16.5. The molecule has 2 N–H and O–H groups in total. The maximum absolute atomic E-state index is 4.81. The smallest absolute Gasteiger partial charge is 0.225 e. The average molecular weight is 557 g/mol. The van der Waals surface area contributed by atoms with Crippen molar-refractivity contribution in [3.05, 3.63) is 57.2 Å². The summed E-state index contributed by atoms with van der Waals surface area (Å²) in [6.07, 6.45) is 4.79. The minimum atomic E-state index is 0.442. The van der Waals surface area contributed by atoms with Crippen LogP contribution in [-0.4, -0.2) is 36.6 Å². The summed E-state index contributed by atoms with van der Waals surface area (Å²) in [5.74, 6) is 2.45. The van der Waals surface area contributed by atoms with Crippen molar-refractivity contribution in [1.29, 1.82) is 0 Å². The van der Waals surface area contributed by atoms with E-state index < -0.39 is 0 Å². The maximum Gasteiger partial charge on any atom is 0.225 e. The van der Waals surface area contributed by atoms with E-state index >= 15 is 0 Å². The molecule has 0 unspecified atom stereocenters. The lowest BCUT2D eigenvalue weighted by Crippen LogP contribution is -2.31.